The summed E-state index contributed by atoms with van der Waals surface area (Å²) in [5.74, 6) is 0. The van der Waals surface area contributed by atoms with Gasteiger partial charge in [-0.05, 0) is 13.3 Å². The molecule has 1 radical (unpaired) electrons. The van der Waals surface area contributed by atoms with E-state index in [2.05, 4.69) is 19.6 Å². The van der Waals surface area contributed by atoms with Crippen LogP contribution in [0.25, 0.3) is 0 Å². The van der Waals surface area contributed by atoms with E-state index in [9.17, 15) is 0 Å². The van der Waals surface area contributed by atoms with Gasteiger partial charge in [0.1, 0.15) is 0 Å². The van der Waals surface area contributed by atoms with Crippen molar-refractivity contribution < 1.29 is 0 Å². The highest BCUT2D eigenvalue weighted by Crippen LogP contribution is 2.11. The number of rotatable bonds is 0. The fraction of sp³-hybridized carbons (Fsp3) is 0.125. The Balaban J connectivity index is 2.71. The Morgan fingerprint density at radius 1 is 1.38 bits per heavy atom. The van der Waals surface area contributed by atoms with Gasteiger partial charge in [-0.15, -0.1) is 0 Å². The van der Waals surface area contributed by atoms with E-state index in [0.29, 0.717) is 0 Å². The molecule has 1 rings (SSSR count). The third kappa shape index (κ3) is 1.09. The smallest absolute Gasteiger partial charge is 0.00975 e. The summed E-state index contributed by atoms with van der Waals surface area (Å²) in [5.41, 5.74) is 2.26. The monoisotopic (exact) mass is 105 g/mol. The van der Waals surface area contributed by atoms with Crippen LogP contribution in [0.4, 0.5) is 0 Å². The standard InChI is InChI=1S/C8H9/c1-7-3-5-8(2)6-4-7/h3-5H,1-2,6H2. The first kappa shape index (κ1) is 5.36. The maximum atomic E-state index is 3.79. The van der Waals surface area contributed by atoms with Crippen molar-refractivity contribution in [2.24, 2.45) is 0 Å². The molecule has 0 amide bonds. The highest BCUT2D eigenvalue weighted by atomic mass is 14.0. The highest BCUT2D eigenvalue weighted by Gasteiger charge is 1.91. The minimum atomic E-state index is 0.968. The van der Waals surface area contributed by atoms with E-state index in [0.717, 1.165) is 17.6 Å². The van der Waals surface area contributed by atoms with E-state index < -0.39 is 0 Å². The molecule has 0 heteroatoms. The Hall–Kier alpha value is -0.780. The second kappa shape index (κ2) is 1.99. The molecule has 0 atom stereocenters. The number of hydrogen-bond donors (Lipinski definition) is 0. The fourth-order valence-corrected chi connectivity index (χ4v) is 0.623. The molecule has 0 fully saturated rings. The van der Waals surface area contributed by atoms with Crippen LogP contribution in [0.2, 0.25) is 0 Å². The summed E-state index contributed by atoms with van der Waals surface area (Å²) in [6.45, 7) is 7.55. The van der Waals surface area contributed by atoms with Crippen LogP contribution in [0.1, 0.15) is 6.42 Å². The zero-order valence-electron chi connectivity index (χ0n) is 4.85. The summed E-state index contributed by atoms with van der Waals surface area (Å²) in [6, 6.07) is 0. The van der Waals surface area contributed by atoms with Gasteiger partial charge in [0.15, 0.2) is 0 Å². The predicted molar refractivity (Wildman–Crippen MR) is 36.3 cm³/mol. The quantitative estimate of drug-likeness (QED) is 0.443. The van der Waals surface area contributed by atoms with Crippen molar-refractivity contribution >= 4 is 0 Å². The molecule has 41 valence electrons. The van der Waals surface area contributed by atoms with E-state index in [1.54, 1.807) is 0 Å². The van der Waals surface area contributed by atoms with Crippen molar-refractivity contribution in [2.45, 2.75) is 6.42 Å². The highest BCUT2D eigenvalue weighted by molar-refractivity contribution is 5.34. The van der Waals surface area contributed by atoms with Crippen molar-refractivity contribution in [3.8, 4) is 0 Å². The van der Waals surface area contributed by atoms with Gasteiger partial charge >= 0.3 is 0 Å². The number of hydrogen-bond acceptors (Lipinski definition) is 0. The van der Waals surface area contributed by atoms with Crippen LogP contribution < -0.4 is 0 Å². The molecular weight excluding hydrogens is 96.1 g/mol. The topological polar surface area (TPSA) is 0 Å². The van der Waals surface area contributed by atoms with E-state index >= 15 is 0 Å². The van der Waals surface area contributed by atoms with Crippen LogP contribution in [0.15, 0.2) is 36.0 Å². The summed E-state index contributed by atoms with van der Waals surface area (Å²) in [4.78, 5) is 0. The fourth-order valence-electron chi connectivity index (χ4n) is 0.623. The molecule has 0 heterocycles. The third-order valence-corrected chi connectivity index (χ3v) is 1.16. The van der Waals surface area contributed by atoms with Gasteiger partial charge in [0.2, 0.25) is 0 Å². The number of allylic oxidation sites excluding steroid dienone is 5. The van der Waals surface area contributed by atoms with Crippen molar-refractivity contribution in [2.75, 3.05) is 0 Å². The molecule has 1 aliphatic rings. The van der Waals surface area contributed by atoms with Crippen LogP contribution in [0.3, 0.4) is 0 Å². The Morgan fingerprint density at radius 3 is 2.50 bits per heavy atom. The predicted octanol–water partition coefficient (Wildman–Crippen LogP) is 2.26. The van der Waals surface area contributed by atoms with Gasteiger partial charge < -0.3 is 0 Å². The summed E-state index contributed by atoms with van der Waals surface area (Å²) in [6.07, 6.45) is 7.02. The first-order chi connectivity index (χ1) is 3.79. The lowest BCUT2D eigenvalue weighted by Gasteiger charge is -2.00. The molecule has 0 nitrogen and oxygen atoms in total. The lowest BCUT2D eigenvalue weighted by Crippen LogP contribution is -1.80. The van der Waals surface area contributed by atoms with Gasteiger partial charge in [0, 0.05) is 0 Å². The van der Waals surface area contributed by atoms with Crippen molar-refractivity contribution in [3.63, 3.8) is 0 Å². The minimum Gasteiger partial charge on any atom is -0.0955 e. The first-order valence-corrected chi connectivity index (χ1v) is 2.67. The molecule has 0 saturated carbocycles. The third-order valence-electron chi connectivity index (χ3n) is 1.16. The molecular formula is C8H9. The van der Waals surface area contributed by atoms with E-state index in [4.69, 9.17) is 0 Å². The van der Waals surface area contributed by atoms with Crippen molar-refractivity contribution in [1.82, 2.24) is 0 Å². The molecule has 0 unspecified atom stereocenters. The maximum Gasteiger partial charge on any atom is -0.00975 e. The zero-order chi connectivity index (χ0) is 5.98. The Bertz CT molecular complexity index is 156. The van der Waals surface area contributed by atoms with Crippen molar-refractivity contribution in [3.05, 3.63) is 42.9 Å². The van der Waals surface area contributed by atoms with Gasteiger partial charge in [-0.25, -0.2) is 0 Å². The summed E-state index contributed by atoms with van der Waals surface area (Å²) >= 11 is 0. The second-order valence-electron chi connectivity index (χ2n) is 1.97. The first-order valence-electron chi connectivity index (χ1n) is 2.67. The van der Waals surface area contributed by atoms with Gasteiger partial charge in [0.05, 0.1) is 0 Å². The minimum absolute atomic E-state index is 0.968. The largest absolute Gasteiger partial charge is 0.0955 e. The lowest BCUT2D eigenvalue weighted by atomic mass is 10.1. The van der Waals surface area contributed by atoms with Crippen LogP contribution in [0, 0.1) is 6.92 Å². The Morgan fingerprint density at radius 2 is 2.12 bits per heavy atom. The molecule has 0 aromatic heterocycles. The molecule has 8 heavy (non-hydrogen) atoms. The summed E-state index contributed by atoms with van der Waals surface area (Å²) in [5, 5.41) is 0. The van der Waals surface area contributed by atoms with Gasteiger partial charge in [0.25, 0.3) is 0 Å². The average molecular weight is 105 g/mol. The normalized spacial score (nSPS) is 18.6. The van der Waals surface area contributed by atoms with Gasteiger partial charge in [-0.2, -0.15) is 0 Å². The van der Waals surface area contributed by atoms with Crippen molar-refractivity contribution in [1.29, 1.82) is 0 Å². The molecule has 1 aliphatic carbocycles. The summed E-state index contributed by atoms with van der Waals surface area (Å²) in [7, 11) is 0. The lowest BCUT2D eigenvalue weighted by molar-refractivity contribution is 1.25. The van der Waals surface area contributed by atoms with E-state index in [1.807, 2.05) is 12.2 Å². The van der Waals surface area contributed by atoms with Gasteiger partial charge in [-0.3, -0.25) is 0 Å². The van der Waals surface area contributed by atoms with Gasteiger partial charge in [-0.1, -0.05) is 36.0 Å². The summed E-state index contributed by atoms with van der Waals surface area (Å²) < 4.78 is 0. The van der Waals surface area contributed by atoms with Crippen LogP contribution in [0.5, 0.6) is 0 Å². The van der Waals surface area contributed by atoms with E-state index in [1.165, 1.54) is 0 Å². The molecule has 0 spiro atoms. The van der Waals surface area contributed by atoms with Crippen LogP contribution in [-0.4, -0.2) is 0 Å². The van der Waals surface area contributed by atoms with Crippen LogP contribution >= 0.6 is 0 Å². The Kier molecular flexibility index (Phi) is 1.34. The molecule has 0 aliphatic heterocycles. The maximum absolute atomic E-state index is 3.79. The average Bonchev–Trinajstić information content (AvgIpc) is 1.77. The second-order valence-corrected chi connectivity index (χ2v) is 1.97. The van der Waals surface area contributed by atoms with Crippen LogP contribution in [-0.2, 0) is 0 Å². The zero-order valence-corrected chi connectivity index (χ0v) is 4.85. The molecule has 0 N–H and O–H groups in total. The van der Waals surface area contributed by atoms with E-state index in [-0.39, 0.29) is 0 Å². The molecule has 0 saturated heterocycles. The Labute approximate surface area is 50.2 Å². The SMILES string of the molecule is [CH2]C1=CCC(=C)C=C1. The molecule has 0 bridgehead atoms. The molecule has 0 aromatic rings. The molecule has 0 aromatic carbocycles.